The number of aromatic nitrogens is 5. The topological polar surface area (TPSA) is 149 Å². The minimum Gasteiger partial charge on any atom is -0.382 e. The first-order valence-corrected chi connectivity index (χ1v) is 7.83. The largest absolute Gasteiger partial charge is 0.382 e. The molecule has 3 heterocycles. The Kier molecular flexibility index (Phi) is 3.46. The van der Waals surface area contributed by atoms with E-state index in [2.05, 4.69) is 20.3 Å². The van der Waals surface area contributed by atoms with Crippen molar-refractivity contribution in [2.45, 2.75) is 25.2 Å². The molecular formula is C10H13N6O4P. The fraction of sp³-hybridized carbons (Fsp3) is 0.400. The monoisotopic (exact) mass is 312 g/mol. The predicted octanol–water partition coefficient (Wildman–Crippen LogP) is 0.172. The second-order valence-corrected chi connectivity index (χ2v) is 6.08. The van der Waals surface area contributed by atoms with Gasteiger partial charge in [0.25, 0.3) is 0 Å². The summed E-state index contributed by atoms with van der Waals surface area (Å²) in [5.74, 6) is 1.09. The van der Waals surface area contributed by atoms with Crippen LogP contribution in [0.25, 0.3) is 11.2 Å². The molecule has 0 bridgehead atoms. The summed E-state index contributed by atoms with van der Waals surface area (Å²) < 4.78 is 18.0. The summed E-state index contributed by atoms with van der Waals surface area (Å²) in [6.07, 6.45) is 3.12. The van der Waals surface area contributed by atoms with Gasteiger partial charge < -0.3 is 20.3 Å². The number of anilines is 1. The van der Waals surface area contributed by atoms with Crippen LogP contribution < -0.4 is 5.73 Å². The zero-order valence-electron chi connectivity index (χ0n) is 10.8. The van der Waals surface area contributed by atoms with E-state index in [1.54, 1.807) is 0 Å². The average molecular weight is 312 g/mol. The van der Waals surface area contributed by atoms with Crippen molar-refractivity contribution in [2.24, 2.45) is 0 Å². The maximum absolute atomic E-state index is 10.8. The molecule has 1 saturated heterocycles. The molecule has 0 aromatic carbocycles. The normalized spacial score (nSPS) is 23.3. The average Bonchev–Trinajstić information content (AvgIpc) is 3.02. The van der Waals surface area contributed by atoms with Crippen LogP contribution in [-0.2, 0) is 9.30 Å². The third-order valence-electron chi connectivity index (χ3n) is 3.09. The van der Waals surface area contributed by atoms with Crippen molar-refractivity contribution in [3.63, 3.8) is 0 Å². The molecule has 4 N–H and O–H groups in total. The van der Waals surface area contributed by atoms with E-state index < -0.39 is 13.8 Å². The van der Waals surface area contributed by atoms with Crippen molar-refractivity contribution < 1.29 is 19.1 Å². The first kappa shape index (κ1) is 14.1. The van der Waals surface area contributed by atoms with Gasteiger partial charge in [0.15, 0.2) is 23.2 Å². The van der Waals surface area contributed by atoms with Crippen LogP contribution in [0, 0.1) is 0 Å². The minimum atomic E-state index is -4.18. The van der Waals surface area contributed by atoms with Gasteiger partial charge in [0.05, 0.1) is 6.10 Å². The molecule has 0 spiro atoms. The molecule has 0 radical (unpaired) electrons. The maximum Gasteiger partial charge on any atom is 0.348 e. The van der Waals surface area contributed by atoms with Crippen molar-refractivity contribution in [1.82, 2.24) is 25.0 Å². The van der Waals surface area contributed by atoms with Crippen LogP contribution in [0.2, 0.25) is 0 Å². The third-order valence-corrected chi connectivity index (χ3v) is 3.65. The van der Waals surface area contributed by atoms with Gasteiger partial charge in [0.2, 0.25) is 0 Å². The molecular weight excluding hydrogens is 299 g/mol. The highest BCUT2D eigenvalue weighted by Crippen LogP contribution is 2.38. The van der Waals surface area contributed by atoms with E-state index >= 15 is 0 Å². The van der Waals surface area contributed by atoms with E-state index in [1.165, 1.54) is 17.1 Å². The van der Waals surface area contributed by atoms with Crippen molar-refractivity contribution in [2.75, 3.05) is 5.73 Å². The Morgan fingerprint density at radius 3 is 3.00 bits per heavy atom. The van der Waals surface area contributed by atoms with E-state index in [0.717, 1.165) is 5.82 Å². The molecule has 0 amide bonds. The van der Waals surface area contributed by atoms with Crippen LogP contribution in [0.15, 0.2) is 18.2 Å². The summed E-state index contributed by atoms with van der Waals surface area (Å²) in [5.41, 5.74) is 6.55. The van der Waals surface area contributed by atoms with E-state index in [9.17, 15) is 4.57 Å². The van der Waals surface area contributed by atoms with Gasteiger partial charge in [-0.05, 0) is 18.9 Å². The Hall–Kier alpha value is -1.87. The Balaban J connectivity index is 1.81. The van der Waals surface area contributed by atoms with Crippen LogP contribution in [0.5, 0.6) is 0 Å². The van der Waals surface area contributed by atoms with Crippen molar-refractivity contribution >= 4 is 24.6 Å². The quantitative estimate of drug-likeness (QED) is 0.674. The standard InChI is InChI=1S/C10H13N6O4P/c11-9-8-10(13-5-12-9)16(15-14-8)7-2-1-6(20-7)3-4-21(17,18)19/h3-7H,1-2H2,(H2,11,12,13)(H2,17,18,19)/b4-3+/t6-,7+/m0/s1. The molecule has 1 aliphatic rings. The van der Waals surface area contributed by atoms with Crippen molar-refractivity contribution in [3.8, 4) is 0 Å². The molecule has 3 rings (SSSR count). The van der Waals surface area contributed by atoms with E-state index in [0.29, 0.717) is 24.0 Å². The molecule has 0 unspecified atom stereocenters. The van der Waals surface area contributed by atoms with Crippen LogP contribution in [0.4, 0.5) is 5.82 Å². The lowest BCUT2D eigenvalue weighted by molar-refractivity contribution is 0.0167. The Morgan fingerprint density at radius 1 is 1.43 bits per heavy atom. The van der Waals surface area contributed by atoms with Crippen LogP contribution in [0.1, 0.15) is 19.1 Å². The summed E-state index contributed by atoms with van der Waals surface area (Å²) in [6, 6.07) is 0. The number of fused-ring (bicyclic) bond motifs is 1. The summed E-state index contributed by atoms with van der Waals surface area (Å²) in [6.45, 7) is 0. The molecule has 0 aliphatic carbocycles. The van der Waals surface area contributed by atoms with Gasteiger partial charge in [0, 0.05) is 5.82 Å². The first-order valence-electron chi connectivity index (χ1n) is 6.15. The first-order chi connectivity index (χ1) is 9.94. The number of ether oxygens (including phenoxy) is 1. The predicted molar refractivity (Wildman–Crippen MR) is 71.9 cm³/mol. The van der Waals surface area contributed by atoms with Gasteiger partial charge in [-0.2, -0.15) is 4.68 Å². The highest BCUT2D eigenvalue weighted by molar-refractivity contribution is 7.55. The zero-order chi connectivity index (χ0) is 15.0. The highest BCUT2D eigenvalue weighted by atomic mass is 31.2. The number of nitrogens with two attached hydrogens (primary N) is 1. The van der Waals surface area contributed by atoms with E-state index in [1.807, 2.05) is 0 Å². The zero-order valence-corrected chi connectivity index (χ0v) is 11.7. The van der Waals surface area contributed by atoms with Gasteiger partial charge in [-0.3, -0.25) is 4.57 Å². The Morgan fingerprint density at radius 2 is 2.24 bits per heavy atom. The fourth-order valence-corrected chi connectivity index (χ4v) is 2.57. The molecule has 10 nitrogen and oxygen atoms in total. The number of nitrogen functional groups attached to an aromatic ring is 1. The summed E-state index contributed by atoms with van der Waals surface area (Å²) in [5, 5.41) is 7.88. The lowest BCUT2D eigenvalue weighted by Crippen LogP contribution is -2.12. The van der Waals surface area contributed by atoms with Gasteiger partial charge in [-0.15, -0.1) is 5.10 Å². The Bertz CT molecular complexity index is 740. The molecule has 2 atom stereocenters. The molecule has 21 heavy (non-hydrogen) atoms. The lowest BCUT2D eigenvalue weighted by Gasteiger charge is -2.11. The van der Waals surface area contributed by atoms with Gasteiger partial charge in [0.1, 0.15) is 6.33 Å². The molecule has 1 fully saturated rings. The van der Waals surface area contributed by atoms with Gasteiger partial charge >= 0.3 is 7.60 Å². The molecule has 2 aromatic rings. The van der Waals surface area contributed by atoms with Crippen LogP contribution in [-0.4, -0.2) is 40.9 Å². The van der Waals surface area contributed by atoms with Crippen molar-refractivity contribution in [1.29, 1.82) is 0 Å². The second-order valence-electron chi connectivity index (χ2n) is 4.60. The molecule has 2 aromatic heterocycles. The number of nitrogens with zero attached hydrogens (tertiary/aromatic N) is 5. The van der Waals surface area contributed by atoms with Gasteiger partial charge in [-0.1, -0.05) is 5.21 Å². The third kappa shape index (κ3) is 2.93. The second kappa shape index (κ2) is 5.15. The summed E-state index contributed by atoms with van der Waals surface area (Å²) >= 11 is 0. The number of rotatable bonds is 3. The highest BCUT2D eigenvalue weighted by Gasteiger charge is 2.28. The van der Waals surface area contributed by atoms with Crippen LogP contribution in [0.3, 0.4) is 0 Å². The molecule has 0 saturated carbocycles. The van der Waals surface area contributed by atoms with Gasteiger partial charge in [-0.25, -0.2) is 9.97 Å². The molecule has 11 heteroatoms. The minimum absolute atomic E-state index is 0.238. The molecule has 112 valence electrons. The van der Waals surface area contributed by atoms with E-state index in [4.69, 9.17) is 20.3 Å². The van der Waals surface area contributed by atoms with E-state index in [-0.39, 0.29) is 11.9 Å². The summed E-state index contributed by atoms with van der Waals surface area (Å²) in [4.78, 5) is 25.5. The smallest absolute Gasteiger partial charge is 0.348 e. The SMILES string of the molecule is Nc1ncnc2c1nnn2[C@H]1CC[C@@H](/C=C/P(=O)(O)O)O1. The maximum atomic E-state index is 10.8. The number of hydrogen-bond acceptors (Lipinski definition) is 7. The fourth-order valence-electron chi connectivity index (χ4n) is 2.15. The summed E-state index contributed by atoms with van der Waals surface area (Å²) in [7, 11) is -4.18. The van der Waals surface area contributed by atoms with Crippen LogP contribution >= 0.6 is 7.60 Å². The van der Waals surface area contributed by atoms with Crippen molar-refractivity contribution in [3.05, 3.63) is 18.2 Å². The Labute approximate surface area is 118 Å². The lowest BCUT2D eigenvalue weighted by atomic mass is 10.2. The molecule has 1 aliphatic heterocycles. The number of hydrogen-bond donors (Lipinski definition) is 3.